The van der Waals surface area contributed by atoms with Gasteiger partial charge in [-0.05, 0) is 31.2 Å². The van der Waals surface area contributed by atoms with Gasteiger partial charge in [0.25, 0.3) is 5.56 Å². The molecule has 0 bridgehead atoms. The van der Waals surface area contributed by atoms with Gasteiger partial charge in [-0.1, -0.05) is 0 Å². The van der Waals surface area contributed by atoms with Crippen molar-refractivity contribution in [2.75, 3.05) is 0 Å². The second-order valence-electron chi connectivity index (χ2n) is 4.68. The summed E-state index contributed by atoms with van der Waals surface area (Å²) in [6.45, 7) is 1.79. The van der Waals surface area contributed by atoms with Crippen LogP contribution in [-0.2, 0) is 12.9 Å². The van der Waals surface area contributed by atoms with Gasteiger partial charge < -0.3 is 0 Å². The van der Waals surface area contributed by atoms with Gasteiger partial charge in [-0.3, -0.25) is 14.0 Å². The van der Waals surface area contributed by atoms with Gasteiger partial charge in [-0.2, -0.15) is 5.10 Å². The number of alkyl halides is 1. The highest BCUT2D eigenvalue weighted by molar-refractivity contribution is 6.16. The zero-order chi connectivity index (χ0) is 15.1. The highest BCUT2D eigenvalue weighted by Gasteiger charge is 2.17. The summed E-state index contributed by atoms with van der Waals surface area (Å²) in [6.07, 6.45) is 0. The fourth-order valence-electron chi connectivity index (χ4n) is 2.37. The molecule has 3 aromatic rings. The Kier molecular flexibility index (Phi) is 3.25. The number of aromatic nitrogens is 4. The Hall–Kier alpha value is -2.21. The molecule has 0 saturated carbocycles. The summed E-state index contributed by atoms with van der Waals surface area (Å²) in [5.74, 6) is 0.0955. The predicted octanol–water partition coefficient (Wildman–Crippen LogP) is 2.31. The molecule has 0 amide bonds. The summed E-state index contributed by atoms with van der Waals surface area (Å²) in [6, 6.07) is 5.62. The fraction of sp³-hybridized carbons (Fsp3) is 0.214. The van der Waals surface area contributed by atoms with E-state index in [0.717, 1.165) is 0 Å². The van der Waals surface area contributed by atoms with Gasteiger partial charge in [-0.25, -0.2) is 9.37 Å². The monoisotopic (exact) mass is 306 g/mol. The maximum atomic E-state index is 13.1. The van der Waals surface area contributed by atoms with Crippen molar-refractivity contribution in [1.29, 1.82) is 0 Å². The molecule has 0 atom stereocenters. The first-order chi connectivity index (χ1) is 10.0. The lowest BCUT2D eigenvalue weighted by atomic mass is 10.3. The molecule has 0 spiro atoms. The molecule has 0 aliphatic rings. The van der Waals surface area contributed by atoms with Crippen LogP contribution in [0, 0.1) is 12.7 Å². The normalized spacial score (nSPS) is 11.2. The first-order valence-corrected chi connectivity index (χ1v) is 6.83. The molecule has 5 nitrogen and oxygen atoms in total. The maximum absolute atomic E-state index is 13.1. The highest BCUT2D eigenvalue weighted by Crippen LogP contribution is 2.16. The lowest BCUT2D eigenvalue weighted by molar-refractivity contribution is 0.627. The largest absolute Gasteiger partial charge is 0.284 e. The maximum Gasteiger partial charge on any atom is 0.284 e. The van der Waals surface area contributed by atoms with Crippen LogP contribution in [0.1, 0.15) is 11.5 Å². The topological polar surface area (TPSA) is 52.7 Å². The van der Waals surface area contributed by atoms with Crippen LogP contribution in [0.15, 0.2) is 29.1 Å². The standard InChI is InChI=1S/C14H12ClFN4O/c1-8-12-13(19(2)18-8)14(21)20(11(7-15)17-12)10-5-3-9(16)4-6-10/h3-6H,7H2,1-2H3. The number of halogens is 2. The number of fused-ring (bicyclic) bond motifs is 1. The summed E-state index contributed by atoms with van der Waals surface area (Å²) >= 11 is 5.92. The Morgan fingerprint density at radius 1 is 1.29 bits per heavy atom. The smallest absolute Gasteiger partial charge is 0.266 e. The van der Waals surface area contributed by atoms with Crippen LogP contribution in [0.25, 0.3) is 16.7 Å². The van der Waals surface area contributed by atoms with Crippen molar-refractivity contribution in [1.82, 2.24) is 19.3 Å². The number of nitrogens with zero attached hydrogens (tertiary/aromatic N) is 4. The van der Waals surface area contributed by atoms with Crippen LogP contribution in [0.3, 0.4) is 0 Å². The van der Waals surface area contributed by atoms with Crippen LogP contribution in [0.2, 0.25) is 0 Å². The third kappa shape index (κ3) is 2.12. The number of hydrogen-bond acceptors (Lipinski definition) is 3. The lowest BCUT2D eigenvalue weighted by Gasteiger charge is -2.10. The molecule has 0 radical (unpaired) electrons. The number of rotatable bonds is 2. The van der Waals surface area contributed by atoms with E-state index in [1.165, 1.54) is 33.5 Å². The minimum Gasteiger partial charge on any atom is -0.266 e. The Morgan fingerprint density at radius 3 is 2.57 bits per heavy atom. The van der Waals surface area contributed by atoms with Crippen LogP contribution >= 0.6 is 11.6 Å². The first-order valence-electron chi connectivity index (χ1n) is 6.30. The van der Waals surface area contributed by atoms with Crippen molar-refractivity contribution in [3.8, 4) is 5.69 Å². The lowest BCUT2D eigenvalue weighted by Crippen LogP contribution is -2.24. The van der Waals surface area contributed by atoms with E-state index in [2.05, 4.69) is 10.1 Å². The summed E-state index contributed by atoms with van der Waals surface area (Å²) in [7, 11) is 1.69. The third-order valence-electron chi connectivity index (χ3n) is 3.30. The molecule has 1 aromatic carbocycles. The zero-order valence-electron chi connectivity index (χ0n) is 11.5. The molecule has 2 heterocycles. The van der Waals surface area contributed by atoms with Crippen LogP contribution in [0.4, 0.5) is 4.39 Å². The van der Waals surface area contributed by atoms with Crippen molar-refractivity contribution < 1.29 is 4.39 Å². The summed E-state index contributed by atoms with van der Waals surface area (Å²) in [4.78, 5) is 17.2. The number of benzene rings is 1. The van der Waals surface area contributed by atoms with Crippen molar-refractivity contribution in [2.24, 2.45) is 7.05 Å². The van der Waals surface area contributed by atoms with Gasteiger partial charge in [0.1, 0.15) is 17.2 Å². The highest BCUT2D eigenvalue weighted by atomic mass is 35.5. The van der Waals surface area contributed by atoms with Gasteiger partial charge >= 0.3 is 0 Å². The molecular formula is C14H12ClFN4O. The van der Waals surface area contributed by atoms with Gasteiger partial charge in [0.2, 0.25) is 0 Å². The van der Waals surface area contributed by atoms with E-state index < -0.39 is 0 Å². The molecule has 108 valence electrons. The Balaban J connectivity index is 2.41. The van der Waals surface area contributed by atoms with Gasteiger partial charge in [0.15, 0.2) is 5.52 Å². The van der Waals surface area contributed by atoms with Crippen LogP contribution in [-0.4, -0.2) is 19.3 Å². The van der Waals surface area contributed by atoms with Crippen molar-refractivity contribution in [3.05, 3.63) is 52.0 Å². The average Bonchev–Trinajstić information content (AvgIpc) is 2.75. The van der Waals surface area contributed by atoms with Crippen molar-refractivity contribution >= 4 is 22.6 Å². The van der Waals surface area contributed by atoms with E-state index in [-0.39, 0.29) is 17.3 Å². The van der Waals surface area contributed by atoms with Crippen LogP contribution in [0.5, 0.6) is 0 Å². The molecule has 0 aliphatic carbocycles. The Labute approximate surface area is 124 Å². The van der Waals surface area contributed by atoms with E-state index in [1.807, 2.05) is 0 Å². The second-order valence-corrected chi connectivity index (χ2v) is 4.95. The molecule has 0 N–H and O–H groups in total. The van der Waals surface area contributed by atoms with E-state index >= 15 is 0 Å². The van der Waals surface area contributed by atoms with E-state index in [9.17, 15) is 9.18 Å². The molecule has 0 saturated heterocycles. The fourth-order valence-corrected chi connectivity index (χ4v) is 2.55. The number of hydrogen-bond donors (Lipinski definition) is 0. The predicted molar refractivity (Wildman–Crippen MR) is 78.4 cm³/mol. The number of aryl methyl sites for hydroxylation is 2. The Bertz CT molecular complexity index is 883. The third-order valence-corrected chi connectivity index (χ3v) is 3.54. The van der Waals surface area contributed by atoms with Crippen molar-refractivity contribution in [3.63, 3.8) is 0 Å². The molecule has 0 fully saturated rings. The molecular weight excluding hydrogens is 295 g/mol. The molecule has 7 heteroatoms. The Morgan fingerprint density at radius 2 is 1.95 bits per heavy atom. The SMILES string of the molecule is Cc1nn(C)c2c(=O)n(-c3ccc(F)cc3)c(CCl)nc12. The molecule has 21 heavy (non-hydrogen) atoms. The minimum absolute atomic E-state index is 0.0664. The summed E-state index contributed by atoms with van der Waals surface area (Å²) in [5.41, 5.74) is 1.85. The first kappa shape index (κ1) is 13.8. The van der Waals surface area contributed by atoms with Gasteiger partial charge in [-0.15, -0.1) is 11.6 Å². The second kappa shape index (κ2) is 4.96. The minimum atomic E-state index is -0.371. The molecule has 3 rings (SSSR count). The van der Waals surface area contributed by atoms with E-state index in [4.69, 9.17) is 11.6 Å². The van der Waals surface area contributed by atoms with Gasteiger partial charge in [0, 0.05) is 7.05 Å². The summed E-state index contributed by atoms with van der Waals surface area (Å²) in [5, 5.41) is 4.21. The molecule has 0 unspecified atom stereocenters. The van der Waals surface area contributed by atoms with Gasteiger partial charge in [0.05, 0.1) is 17.3 Å². The molecule has 0 aliphatic heterocycles. The van der Waals surface area contributed by atoms with Crippen molar-refractivity contribution in [2.45, 2.75) is 12.8 Å². The average molecular weight is 307 g/mol. The zero-order valence-corrected chi connectivity index (χ0v) is 12.2. The quantitative estimate of drug-likeness (QED) is 0.683. The summed E-state index contributed by atoms with van der Waals surface area (Å²) < 4.78 is 15.9. The van der Waals surface area contributed by atoms with E-state index in [1.54, 1.807) is 14.0 Å². The molecule has 2 aromatic heterocycles. The van der Waals surface area contributed by atoms with Crippen LogP contribution < -0.4 is 5.56 Å². The van der Waals surface area contributed by atoms with E-state index in [0.29, 0.717) is 28.2 Å².